The van der Waals surface area contributed by atoms with Gasteiger partial charge < -0.3 is 9.13 Å². The first kappa shape index (κ1) is 41.6. The molecule has 16 rings (SSSR count). The van der Waals surface area contributed by atoms with E-state index >= 15 is 0 Å². The van der Waals surface area contributed by atoms with Gasteiger partial charge >= 0.3 is 0 Å². The van der Waals surface area contributed by atoms with Gasteiger partial charge in [0.15, 0.2) is 5.82 Å². The van der Waals surface area contributed by atoms with Gasteiger partial charge in [0.2, 0.25) is 0 Å². The lowest BCUT2D eigenvalue weighted by Crippen LogP contribution is -2.59. The van der Waals surface area contributed by atoms with E-state index in [1.54, 1.807) is 0 Å². The molecule has 348 valence electrons. The van der Waals surface area contributed by atoms with Crippen molar-refractivity contribution < 1.29 is 0 Å². The molecule has 0 amide bonds. The van der Waals surface area contributed by atoms with Gasteiger partial charge in [-0.1, -0.05) is 184 Å². The molecule has 0 saturated heterocycles. The number of hydrogen-bond donors (Lipinski definition) is 0. The second-order valence-corrected chi connectivity index (χ2v) is 21.6. The van der Waals surface area contributed by atoms with E-state index in [9.17, 15) is 0 Å². The lowest BCUT2D eigenvalue weighted by atomic mass is 9.34. The Balaban J connectivity index is 1.06. The Hall–Kier alpha value is -8.02. The number of fused-ring (bicyclic) bond motifs is 11. The summed E-state index contributed by atoms with van der Waals surface area (Å²) in [5.74, 6) is 1.80. The second-order valence-electron chi connectivity index (χ2n) is 21.6. The molecule has 2 saturated carbocycles. The first-order valence-corrected chi connectivity index (χ1v) is 27.1. The molecule has 0 spiro atoms. The summed E-state index contributed by atoms with van der Waals surface area (Å²) in [5.41, 5.74) is 24.0. The highest BCUT2D eigenvalue weighted by Crippen LogP contribution is 2.48. The van der Waals surface area contributed by atoms with Crippen LogP contribution in [0.2, 0.25) is 0 Å². The van der Waals surface area contributed by atoms with Crippen LogP contribution in [0.5, 0.6) is 0 Å². The summed E-state index contributed by atoms with van der Waals surface area (Å²) in [4.78, 5) is 11.1. The lowest BCUT2D eigenvalue weighted by Gasteiger charge is -2.35. The Morgan fingerprint density at radius 1 is 0.384 bits per heavy atom. The lowest BCUT2D eigenvalue weighted by molar-refractivity contribution is 0.445. The molecule has 5 heterocycles. The predicted molar refractivity (Wildman–Crippen MR) is 306 cm³/mol. The smallest absolute Gasteiger partial charge is 0.252 e. The highest BCUT2D eigenvalue weighted by Gasteiger charge is 2.43. The number of aromatic nitrogens is 4. The third-order valence-electron chi connectivity index (χ3n) is 17.7. The number of nitrogens with zero attached hydrogens (tertiary/aromatic N) is 4. The van der Waals surface area contributed by atoms with Crippen LogP contribution in [0.1, 0.15) is 87.2 Å². The normalized spacial score (nSPS) is 15.5. The molecule has 4 aliphatic rings. The number of benzene rings is 9. The van der Waals surface area contributed by atoms with Crippen LogP contribution in [0.25, 0.3) is 111 Å². The van der Waals surface area contributed by atoms with Gasteiger partial charge in [-0.15, -0.1) is 0 Å². The Bertz CT molecular complexity index is 4010. The van der Waals surface area contributed by atoms with Crippen LogP contribution in [0.4, 0.5) is 0 Å². The van der Waals surface area contributed by atoms with Gasteiger partial charge in [-0.2, -0.15) is 0 Å². The predicted octanol–water partition coefficient (Wildman–Crippen LogP) is 15.7. The second kappa shape index (κ2) is 16.2. The summed E-state index contributed by atoms with van der Waals surface area (Å²) < 4.78 is 5.35. The summed E-state index contributed by atoms with van der Waals surface area (Å²) in [6, 6.07) is 71.0. The van der Waals surface area contributed by atoms with Crippen LogP contribution < -0.4 is 16.4 Å². The summed E-state index contributed by atoms with van der Waals surface area (Å²) in [7, 11) is 0. The van der Waals surface area contributed by atoms with E-state index in [4.69, 9.17) is 9.97 Å². The average molecular weight is 937 g/mol. The quantitative estimate of drug-likeness (QED) is 0.156. The summed E-state index contributed by atoms with van der Waals surface area (Å²) >= 11 is 0. The molecular formula is C68H53BN4. The van der Waals surface area contributed by atoms with Gasteiger partial charge in [0, 0.05) is 60.5 Å². The van der Waals surface area contributed by atoms with E-state index in [0.29, 0.717) is 11.8 Å². The van der Waals surface area contributed by atoms with E-state index in [2.05, 4.69) is 197 Å². The summed E-state index contributed by atoms with van der Waals surface area (Å²) in [5, 5.41) is 6.64. The third kappa shape index (κ3) is 6.21. The summed E-state index contributed by atoms with van der Waals surface area (Å²) in [6.07, 6.45) is 12.8. The van der Waals surface area contributed by atoms with Crippen molar-refractivity contribution in [2.45, 2.75) is 76.0 Å². The van der Waals surface area contributed by atoms with Crippen molar-refractivity contribution >= 4 is 77.6 Å². The highest BCUT2D eigenvalue weighted by atomic mass is 15.0. The van der Waals surface area contributed by atoms with Crippen molar-refractivity contribution in [3.8, 4) is 56.3 Å². The minimum atomic E-state index is 0.0260. The molecule has 0 radical (unpaired) electrons. The minimum Gasteiger partial charge on any atom is -0.310 e. The fourth-order valence-corrected chi connectivity index (χ4v) is 14.4. The van der Waals surface area contributed by atoms with Crippen molar-refractivity contribution in [3.63, 3.8) is 0 Å². The zero-order valence-corrected chi connectivity index (χ0v) is 41.0. The molecule has 2 aliphatic heterocycles. The van der Waals surface area contributed by atoms with Crippen LogP contribution in [0.15, 0.2) is 188 Å². The van der Waals surface area contributed by atoms with Crippen LogP contribution in [-0.2, 0) is 0 Å². The highest BCUT2D eigenvalue weighted by molar-refractivity contribution is 7.00. The molecule has 2 fully saturated rings. The molecular weight excluding hydrogens is 884 g/mol. The fraction of sp³-hybridized carbons (Fsp3) is 0.176. The molecule has 0 unspecified atom stereocenters. The Morgan fingerprint density at radius 3 is 1.38 bits per heavy atom. The third-order valence-corrected chi connectivity index (χ3v) is 17.7. The minimum absolute atomic E-state index is 0.0260. The van der Waals surface area contributed by atoms with Gasteiger partial charge in [0.25, 0.3) is 6.71 Å². The molecule has 12 aromatic rings. The van der Waals surface area contributed by atoms with Gasteiger partial charge in [0.05, 0.1) is 22.2 Å². The molecule has 4 nitrogen and oxygen atoms in total. The number of para-hydroxylation sites is 1. The molecule has 3 aromatic heterocycles. The standard InChI is InChI=1S/C68H53BN4/c1-6-18-42(19-7-1)47-30-36-58-53(38-47)62-50(44-22-10-3-11-23-44)32-34-55-66(62)72(58)60-40-49(68-70-57-29-17-16-28-52(57)65(71-68)46-26-14-5-15-27-46)41-61-64(60)69(55)56-35-33-51(45-24-12-4-13-25-45)63-54-39-48(43-20-8-2-9-21-43)31-37-59(54)73(61)67(56)63/h1-2,5-9,14-21,26-41,44-45H,3-4,10-13,22-25H2. The van der Waals surface area contributed by atoms with E-state index in [-0.39, 0.29) is 6.71 Å². The van der Waals surface area contributed by atoms with E-state index in [1.807, 2.05) is 0 Å². The van der Waals surface area contributed by atoms with Gasteiger partial charge in [0.1, 0.15) is 0 Å². The van der Waals surface area contributed by atoms with E-state index in [0.717, 1.165) is 33.5 Å². The molecule has 0 bridgehead atoms. The largest absolute Gasteiger partial charge is 0.310 e. The Kier molecular flexibility index (Phi) is 9.26. The molecule has 2 aliphatic carbocycles. The van der Waals surface area contributed by atoms with E-state index < -0.39 is 0 Å². The Morgan fingerprint density at radius 2 is 0.863 bits per heavy atom. The topological polar surface area (TPSA) is 35.6 Å². The SMILES string of the molecule is c1ccc(-c2ccc3c(c2)c2c(C4CCCCC4)ccc4c2n3-c2cc(-c3nc(-c5ccccc5)c5ccccc5n3)cc3c2B4c2ccc(C4CCCCC4)c4c5cc(-c6ccccc6)ccc5n-3c24)cc1. The zero-order valence-electron chi connectivity index (χ0n) is 41.0. The van der Waals surface area contributed by atoms with Crippen molar-refractivity contribution in [1.82, 2.24) is 19.1 Å². The van der Waals surface area contributed by atoms with E-state index in [1.165, 1.54) is 169 Å². The fourth-order valence-electron chi connectivity index (χ4n) is 14.4. The molecule has 5 heteroatoms. The van der Waals surface area contributed by atoms with Crippen LogP contribution in [-0.4, -0.2) is 25.8 Å². The number of rotatable bonds is 6. The Labute approximate surface area is 426 Å². The maximum absolute atomic E-state index is 5.60. The molecule has 73 heavy (non-hydrogen) atoms. The van der Waals surface area contributed by atoms with Crippen molar-refractivity contribution in [2.75, 3.05) is 0 Å². The molecule has 0 N–H and O–H groups in total. The van der Waals surface area contributed by atoms with Crippen molar-refractivity contribution in [1.29, 1.82) is 0 Å². The van der Waals surface area contributed by atoms with Crippen LogP contribution in [0.3, 0.4) is 0 Å². The van der Waals surface area contributed by atoms with Crippen molar-refractivity contribution in [2.24, 2.45) is 0 Å². The maximum atomic E-state index is 5.60. The van der Waals surface area contributed by atoms with Crippen molar-refractivity contribution in [3.05, 3.63) is 199 Å². The number of hydrogen-bond acceptors (Lipinski definition) is 2. The van der Waals surface area contributed by atoms with Gasteiger partial charge in [-0.05, 0) is 130 Å². The summed E-state index contributed by atoms with van der Waals surface area (Å²) in [6.45, 7) is 0.0260. The molecule has 9 aromatic carbocycles. The first-order chi connectivity index (χ1) is 36.2. The van der Waals surface area contributed by atoms with Crippen LogP contribution in [0, 0.1) is 0 Å². The monoisotopic (exact) mass is 936 g/mol. The van der Waals surface area contributed by atoms with Gasteiger partial charge in [-0.3, -0.25) is 0 Å². The first-order valence-electron chi connectivity index (χ1n) is 27.1. The maximum Gasteiger partial charge on any atom is 0.252 e. The van der Waals surface area contributed by atoms with Gasteiger partial charge in [-0.25, -0.2) is 9.97 Å². The molecule has 0 atom stereocenters. The zero-order chi connectivity index (χ0) is 47.7. The average Bonchev–Trinajstić information content (AvgIpc) is 4.00. The van der Waals surface area contributed by atoms with Crippen LogP contribution >= 0.6 is 0 Å².